The lowest BCUT2D eigenvalue weighted by Crippen LogP contribution is -2.38. The summed E-state index contributed by atoms with van der Waals surface area (Å²) >= 11 is 0. The molecule has 0 saturated heterocycles. The van der Waals surface area contributed by atoms with Crippen molar-refractivity contribution >= 4 is 45.8 Å². The first-order chi connectivity index (χ1) is 11.0. The number of rotatable bonds is 2. The average molecular weight is 320 g/mol. The van der Waals surface area contributed by atoms with E-state index < -0.39 is 8.07 Å². The molecular formula is C20H20O2Si. The minimum atomic E-state index is -1.53. The highest BCUT2D eigenvalue weighted by Crippen LogP contribution is 2.37. The number of methoxy groups -OCH3 is 1. The first kappa shape index (κ1) is 14.3. The summed E-state index contributed by atoms with van der Waals surface area (Å²) in [7, 11) is 0.205. The molecule has 116 valence electrons. The maximum atomic E-state index is 5.73. The van der Waals surface area contributed by atoms with Gasteiger partial charge in [-0.15, -0.1) is 0 Å². The molecule has 0 amide bonds. The number of benzene rings is 3. The molecule has 0 aliphatic heterocycles. The summed E-state index contributed by atoms with van der Waals surface area (Å²) in [5.74, 6) is 0.920. The Balaban J connectivity index is 2.35. The zero-order chi connectivity index (χ0) is 16.2. The molecule has 0 N–H and O–H groups in total. The second-order valence-electron chi connectivity index (χ2n) is 7.05. The quantitative estimate of drug-likeness (QED) is 0.370. The molecule has 1 heterocycles. The van der Waals surface area contributed by atoms with Crippen LogP contribution in [-0.2, 0) is 0 Å². The minimum absolute atomic E-state index is 0.920. The summed E-state index contributed by atoms with van der Waals surface area (Å²) in [6, 6.07) is 15.0. The van der Waals surface area contributed by atoms with Crippen molar-refractivity contribution in [2.75, 3.05) is 7.11 Å². The predicted molar refractivity (Wildman–Crippen MR) is 101 cm³/mol. The van der Waals surface area contributed by atoms with Crippen LogP contribution in [0.3, 0.4) is 0 Å². The van der Waals surface area contributed by atoms with Crippen LogP contribution >= 0.6 is 0 Å². The van der Waals surface area contributed by atoms with Crippen molar-refractivity contribution in [2.24, 2.45) is 0 Å². The topological polar surface area (TPSA) is 22.4 Å². The van der Waals surface area contributed by atoms with Gasteiger partial charge in [0.15, 0.2) is 0 Å². The lowest BCUT2D eigenvalue weighted by atomic mass is 9.98. The van der Waals surface area contributed by atoms with Crippen LogP contribution in [0, 0.1) is 0 Å². The molecule has 0 aliphatic carbocycles. The van der Waals surface area contributed by atoms with E-state index in [1.807, 2.05) is 0 Å². The molecule has 0 aliphatic rings. The van der Waals surface area contributed by atoms with Crippen molar-refractivity contribution < 1.29 is 9.15 Å². The largest absolute Gasteiger partial charge is 0.496 e. The van der Waals surface area contributed by atoms with Gasteiger partial charge in [-0.2, -0.15) is 0 Å². The van der Waals surface area contributed by atoms with Gasteiger partial charge in [0.25, 0.3) is 0 Å². The van der Waals surface area contributed by atoms with Crippen molar-refractivity contribution in [1.29, 1.82) is 0 Å². The molecule has 0 radical (unpaired) electrons. The lowest BCUT2D eigenvalue weighted by Gasteiger charge is -2.21. The van der Waals surface area contributed by atoms with Crippen molar-refractivity contribution in [3.63, 3.8) is 0 Å². The first-order valence-electron chi connectivity index (χ1n) is 7.91. The van der Waals surface area contributed by atoms with Crippen molar-refractivity contribution in [2.45, 2.75) is 19.6 Å². The summed E-state index contributed by atoms with van der Waals surface area (Å²) in [4.78, 5) is 0. The second kappa shape index (κ2) is 4.87. The third kappa shape index (κ3) is 2.07. The van der Waals surface area contributed by atoms with Gasteiger partial charge in [-0.05, 0) is 39.5 Å². The third-order valence-electron chi connectivity index (χ3n) is 4.56. The van der Waals surface area contributed by atoms with Crippen LogP contribution in [0.25, 0.3) is 32.5 Å². The van der Waals surface area contributed by atoms with Crippen molar-refractivity contribution in [1.82, 2.24) is 0 Å². The molecule has 23 heavy (non-hydrogen) atoms. The number of hydrogen-bond acceptors (Lipinski definition) is 2. The van der Waals surface area contributed by atoms with E-state index in [-0.39, 0.29) is 0 Å². The summed E-state index contributed by atoms with van der Waals surface area (Å²) in [6.07, 6.45) is 1.78. The Morgan fingerprint density at radius 3 is 2.30 bits per heavy atom. The van der Waals surface area contributed by atoms with Crippen molar-refractivity contribution in [3.05, 3.63) is 48.7 Å². The number of hydrogen-bond donors (Lipinski definition) is 0. The first-order valence-corrected chi connectivity index (χ1v) is 11.4. The van der Waals surface area contributed by atoms with Crippen LogP contribution in [0.2, 0.25) is 19.6 Å². The molecular weight excluding hydrogens is 300 g/mol. The number of ether oxygens (including phenoxy) is 1. The molecule has 4 rings (SSSR count). The molecule has 0 atom stereocenters. The minimum Gasteiger partial charge on any atom is -0.496 e. The van der Waals surface area contributed by atoms with Crippen molar-refractivity contribution in [3.8, 4) is 5.75 Å². The van der Waals surface area contributed by atoms with Crippen LogP contribution in [0.5, 0.6) is 5.75 Å². The maximum Gasteiger partial charge on any atom is 0.134 e. The molecule has 0 fully saturated rings. The SMILES string of the molecule is COc1cc2c3ccoc3cc([Si](C)(C)C)c2c2ccccc12. The van der Waals surface area contributed by atoms with Gasteiger partial charge in [-0.1, -0.05) is 43.9 Å². The Morgan fingerprint density at radius 2 is 1.61 bits per heavy atom. The molecule has 0 spiro atoms. The van der Waals surface area contributed by atoms with Gasteiger partial charge in [0.1, 0.15) is 11.3 Å². The van der Waals surface area contributed by atoms with E-state index in [2.05, 4.69) is 62.1 Å². The normalized spacial score (nSPS) is 12.3. The molecule has 3 heteroatoms. The molecule has 4 aromatic rings. The smallest absolute Gasteiger partial charge is 0.134 e. The Bertz CT molecular complexity index is 1040. The Hall–Kier alpha value is -2.26. The third-order valence-corrected chi connectivity index (χ3v) is 6.58. The summed E-state index contributed by atoms with van der Waals surface area (Å²) in [5, 5.41) is 7.62. The molecule has 0 bridgehead atoms. The zero-order valence-electron chi connectivity index (χ0n) is 13.9. The van der Waals surface area contributed by atoms with E-state index in [0.29, 0.717) is 0 Å². The predicted octanol–water partition coefficient (Wildman–Crippen LogP) is 5.29. The van der Waals surface area contributed by atoms with Gasteiger partial charge >= 0.3 is 0 Å². The number of furan rings is 1. The van der Waals surface area contributed by atoms with Gasteiger partial charge < -0.3 is 9.15 Å². The van der Waals surface area contributed by atoms with Crippen LogP contribution in [0.4, 0.5) is 0 Å². The maximum absolute atomic E-state index is 5.73. The highest BCUT2D eigenvalue weighted by molar-refractivity contribution is 6.91. The van der Waals surface area contributed by atoms with E-state index in [1.54, 1.807) is 13.4 Å². The van der Waals surface area contributed by atoms with Gasteiger partial charge in [-0.25, -0.2) is 0 Å². The van der Waals surface area contributed by atoms with Crippen LogP contribution in [0.1, 0.15) is 0 Å². The standard InChI is InChI=1S/C20H20O2Si/c1-21-17-11-16-14-9-10-22-18(14)12-19(23(2,3)4)20(16)15-8-6-5-7-13(15)17/h5-12H,1-4H3. The van der Waals surface area contributed by atoms with Gasteiger partial charge in [0.2, 0.25) is 0 Å². The molecule has 0 unspecified atom stereocenters. The fourth-order valence-electron chi connectivity index (χ4n) is 3.46. The molecule has 3 aromatic carbocycles. The highest BCUT2D eigenvalue weighted by atomic mass is 28.3. The Morgan fingerprint density at radius 1 is 0.870 bits per heavy atom. The Labute approximate surface area is 136 Å². The number of fused-ring (bicyclic) bond motifs is 5. The van der Waals surface area contributed by atoms with Crippen LogP contribution in [-0.4, -0.2) is 15.2 Å². The van der Waals surface area contributed by atoms with Gasteiger partial charge in [-0.3, -0.25) is 0 Å². The summed E-state index contributed by atoms with van der Waals surface area (Å²) < 4.78 is 11.4. The van der Waals surface area contributed by atoms with Gasteiger partial charge in [0.05, 0.1) is 21.4 Å². The van der Waals surface area contributed by atoms with E-state index in [9.17, 15) is 0 Å². The zero-order valence-corrected chi connectivity index (χ0v) is 14.9. The fourth-order valence-corrected chi connectivity index (χ4v) is 5.05. The van der Waals surface area contributed by atoms with Crippen LogP contribution < -0.4 is 9.92 Å². The second-order valence-corrected chi connectivity index (χ2v) is 12.1. The monoisotopic (exact) mass is 320 g/mol. The molecule has 0 saturated carbocycles. The van der Waals surface area contributed by atoms with Crippen LogP contribution in [0.15, 0.2) is 53.1 Å². The van der Waals surface area contributed by atoms with Gasteiger partial charge in [0, 0.05) is 10.8 Å². The lowest BCUT2D eigenvalue weighted by molar-refractivity contribution is 0.420. The highest BCUT2D eigenvalue weighted by Gasteiger charge is 2.23. The average Bonchev–Trinajstić information content (AvgIpc) is 3.00. The molecule has 1 aromatic heterocycles. The fraction of sp³-hybridized carbons (Fsp3) is 0.200. The van der Waals surface area contributed by atoms with E-state index in [4.69, 9.17) is 9.15 Å². The molecule has 2 nitrogen and oxygen atoms in total. The van der Waals surface area contributed by atoms with E-state index in [0.717, 1.165) is 16.7 Å². The van der Waals surface area contributed by atoms with E-state index >= 15 is 0 Å². The van der Waals surface area contributed by atoms with E-state index in [1.165, 1.54) is 26.7 Å². The Kier molecular flexibility index (Phi) is 3.03. The summed E-state index contributed by atoms with van der Waals surface area (Å²) in [6.45, 7) is 7.15. The summed E-state index contributed by atoms with van der Waals surface area (Å²) in [5.41, 5.74) is 0.965.